The molecule has 2 aromatic rings. The lowest BCUT2D eigenvalue weighted by Crippen LogP contribution is -2.47. The zero-order valence-electron chi connectivity index (χ0n) is 19.2. The Kier molecular flexibility index (Phi) is 8.15. The van der Waals surface area contributed by atoms with Gasteiger partial charge in [-0.05, 0) is 50.7 Å². The van der Waals surface area contributed by atoms with Crippen LogP contribution in [0.5, 0.6) is 0 Å². The van der Waals surface area contributed by atoms with E-state index in [1.54, 1.807) is 13.8 Å². The van der Waals surface area contributed by atoms with Crippen LogP contribution in [-0.4, -0.2) is 54.4 Å². The predicted octanol–water partition coefficient (Wildman–Crippen LogP) is 2.61. The van der Waals surface area contributed by atoms with Gasteiger partial charge < -0.3 is 20.9 Å². The fraction of sp³-hybridized carbons (Fsp3) is 0.480. The molecule has 3 rings (SSSR count). The first-order chi connectivity index (χ1) is 15.6. The Morgan fingerprint density at radius 1 is 1.09 bits per heavy atom. The van der Waals surface area contributed by atoms with E-state index in [4.69, 9.17) is 10.5 Å². The predicted molar refractivity (Wildman–Crippen MR) is 129 cm³/mol. The fourth-order valence-electron chi connectivity index (χ4n) is 4.18. The van der Waals surface area contributed by atoms with Gasteiger partial charge in [-0.3, -0.25) is 0 Å². The summed E-state index contributed by atoms with van der Waals surface area (Å²) in [7, 11) is -3.32. The molecule has 0 spiro atoms. The van der Waals surface area contributed by atoms with Crippen molar-refractivity contribution in [3.8, 4) is 0 Å². The molecule has 4 atom stereocenters. The Labute approximate surface area is 196 Å². The number of ether oxygens (including phenoxy) is 1. The molecule has 7 nitrogen and oxygen atoms in total. The molecule has 0 aliphatic carbocycles. The Bertz CT molecular complexity index is 1010. The van der Waals surface area contributed by atoms with Crippen LogP contribution >= 0.6 is 0 Å². The summed E-state index contributed by atoms with van der Waals surface area (Å²) in [6, 6.07) is 18.4. The van der Waals surface area contributed by atoms with E-state index in [0.29, 0.717) is 12.8 Å². The van der Waals surface area contributed by atoms with Crippen molar-refractivity contribution in [3.63, 3.8) is 0 Å². The van der Waals surface area contributed by atoms with Crippen LogP contribution in [0.1, 0.15) is 37.8 Å². The van der Waals surface area contributed by atoms with Crippen molar-refractivity contribution in [2.24, 2.45) is 5.73 Å². The number of hydrogen-bond donors (Lipinski definition) is 3. The zero-order chi connectivity index (χ0) is 24.1. The number of benzene rings is 2. The number of aliphatic hydroxyl groups excluding tert-OH is 1. The largest absolute Gasteiger partial charge is 0.445 e. The van der Waals surface area contributed by atoms with Crippen molar-refractivity contribution in [3.05, 3.63) is 71.8 Å². The summed E-state index contributed by atoms with van der Waals surface area (Å²) in [4.78, 5) is 12.7. The summed E-state index contributed by atoms with van der Waals surface area (Å²) in [5.41, 5.74) is 8.28. The molecule has 2 aromatic carbocycles. The van der Waals surface area contributed by atoms with E-state index in [2.05, 4.69) is 5.32 Å². The topological polar surface area (TPSA) is 119 Å². The van der Waals surface area contributed by atoms with Gasteiger partial charge in [0, 0.05) is 12.1 Å². The molecule has 1 aliphatic rings. The minimum absolute atomic E-state index is 0.00154. The molecular formula is C25H34N2O5S. The Morgan fingerprint density at radius 3 is 2.15 bits per heavy atom. The molecule has 33 heavy (non-hydrogen) atoms. The lowest BCUT2D eigenvalue weighted by Gasteiger charge is -2.28. The highest BCUT2D eigenvalue weighted by atomic mass is 32.2. The average Bonchev–Trinajstić information content (AvgIpc) is 2.97. The zero-order valence-corrected chi connectivity index (χ0v) is 20.0. The maximum Gasteiger partial charge on any atom is 0.407 e. The van der Waals surface area contributed by atoms with Crippen LogP contribution in [0.3, 0.4) is 0 Å². The standard InChI is InChI=1S/C25H34N2O5S/c1-25(2)23(13-14-33(25,30)31)32-24(29)27-20(15-18-9-5-3-6-10-18)17-22(28)21(26)16-19-11-7-4-8-12-19/h3-12,20-23,28H,13-17,26H2,1-2H3,(H,27,29)/t20-,21-,22-,23+/m0/s1. The summed E-state index contributed by atoms with van der Waals surface area (Å²) >= 11 is 0. The molecule has 4 N–H and O–H groups in total. The molecule has 1 fully saturated rings. The minimum Gasteiger partial charge on any atom is -0.445 e. The lowest BCUT2D eigenvalue weighted by atomic mass is 9.94. The number of rotatable bonds is 9. The third-order valence-corrected chi connectivity index (χ3v) is 9.10. The summed E-state index contributed by atoms with van der Waals surface area (Å²) < 4.78 is 28.9. The Balaban J connectivity index is 1.65. The highest BCUT2D eigenvalue weighted by molar-refractivity contribution is 7.93. The van der Waals surface area contributed by atoms with Gasteiger partial charge >= 0.3 is 6.09 Å². The summed E-state index contributed by atoms with van der Waals surface area (Å²) in [5, 5.41) is 13.6. The Hall–Kier alpha value is -2.42. The molecule has 0 unspecified atom stereocenters. The number of carbonyl (C=O) groups excluding carboxylic acids is 1. The molecule has 0 saturated carbocycles. The van der Waals surface area contributed by atoms with Gasteiger partial charge in [-0.1, -0.05) is 60.7 Å². The molecule has 0 radical (unpaired) electrons. The van der Waals surface area contributed by atoms with Crippen LogP contribution in [0.4, 0.5) is 4.79 Å². The lowest BCUT2D eigenvalue weighted by molar-refractivity contribution is 0.0745. The molecule has 1 amide bonds. The normalized spacial score (nSPS) is 21.6. The van der Waals surface area contributed by atoms with E-state index < -0.39 is 45.0 Å². The molecule has 1 saturated heterocycles. The van der Waals surface area contributed by atoms with E-state index in [1.807, 2.05) is 60.7 Å². The molecule has 0 bridgehead atoms. The number of nitrogens with two attached hydrogens (primary N) is 1. The highest BCUT2D eigenvalue weighted by Gasteiger charge is 2.50. The fourth-order valence-corrected chi connectivity index (χ4v) is 5.80. The van der Waals surface area contributed by atoms with E-state index >= 15 is 0 Å². The number of hydrogen-bond acceptors (Lipinski definition) is 6. The molecule has 1 aliphatic heterocycles. The molecular weight excluding hydrogens is 440 g/mol. The maximum absolute atomic E-state index is 12.7. The van der Waals surface area contributed by atoms with Crippen molar-refractivity contribution < 1.29 is 23.1 Å². The van der Waals surface area contributed by atoms with Gasteiger partial charge in [-0.25, -0.2) is 13.2 Å². The Morgan fingerprint density at radius 2 is 1.64 bits per heavy atom. The second-order valence-corrected chi connectivity index (χ2v) is 12.0. The average molecular weight is 475 g/mol. The van der Waals surface area contributed by atoms with Gasteiger partial charge in [-0.15, -0.1) is 0 Å². The maximum atomic E-state index is 12.7. The number of alkyl carbamates (subject to hydrolysis) is 1. The van der Waals surface area contributed by atoms with Crippen molar-refractivity contribution in [2.75, 3.05) is 5.75 Å². The van der Waals surface area contributed by atoms with Gasteiger partial charge in [0.05, 0.1) is 11.9 Å². The molecule has 8 heteroatoms. The van der Waals surface area contributed by atoms with E-state index in [-0.39, 0.29) is 18.6 Å². The number of nitrogens with one attached hydrogen (secondary N) is 1. The van der Waals surface area contributed by atoms with Crippen LogP contribution in [-0.2, 0) is 27.4 Å². The summed E-state index contributed by atoms with van der Waals surface area (Å²) in [5.74, 6) is -0.00154. The third-order valence-electron chi connectivity index (χ3n) is 6.46. The van der Waals surface area contributed by atoms with Gasteiger partial charge in [0.1, 0.15) is 10.9 Å². The molecule has 0 aromatic heterocycles. The monoisotopic (exact) mass is 474 g/mol. The van der Waals surface area contributed by atoms with Crippen LogP contribution in [0, 0.1) is 0 Å². The van der Waals surface area contributed by atoms with Crippen LogP contribution in [0.25, 0.3) is 0 Å². The molecule has 1 heterocycles. The number of amides is 1. The minimum atomic E-state index is -3.32. The quantitative estimate of drug-likeness (QED) is 0.514. The smallest absolute Gasteiger partial charge is 0.407 e. The second kappa shape index (κ2) is 10.7. The van der Waals surface area contributed by atoms with Crippen molar-refractivity contribution in [1.29, 1.82) is 0 Å². The summed E-state index contributed by atoms with van der Waals surface area (Å²) in [6.07, 6.45) is -0.737. The van der Waals surface area contributed by atoms with Crippen LogP contribution in [0.15, 0.2) is 60.7 Å². The van der Waals surface area contributed by atoms with E-state index in [9.17, 15) is 18.3 Å². The summed E-state index contributed by atoms with van der Waals surface area (Å²) in [6.45, 7) is 3.17. The van der Waals surface area contributed by atoms with Crippen molar-refractivity contribution >= 4 is 15.9 Å². The van der Waals surface area contributed by atoms with E-state index in [0.717, 1.165) is 11.1 Å². The third kappa shape index (κ3) is 6.56. The van der Waals surface area contributed by atoms with Gasteiger partial charge in [0.15, 0.2) is 9.84 Å². The van der Waals surface area contributed by atoms with Crippen molar-refractivity contribution in [2.45, 2.75) is 68.6 Å². The number of carbonyl (C=O) groups is 1. The van der Waals surface area contributed by atoms with Crippen LogP contribution < -0.4 is 11.1 Å². The molecule has 180 valence electrons. The first kappa shape index (κ1) is 25.2. The first-order valence-electron chi connectivity index (χ1n) is 11.3. The highest BCUT2D eigenvalue weighted by Crippen LogP contribution is 2.34. The SMILES string of the molecule is CC1(C)[C@H](OC(=O)N[C@@H](Cc2ccccc2)C[C@H](O)[C@@H](N)Cc2ccccc2)CCS1(=O)=O. The van der Waals surface area contributed by atoms with Gasteiger partial charge in [0.2, 0.25) is 0 Å². The number of sulfone groups is 1. The van der Waals surface area contributed by atoms with Crippen LogP contribution in [0.2, 0.25) is 0 Å². The van der Waals surface area contributed by atoms with E-state index in [1.165, 1.54) is 0 Å². The number of aliphatic hydroxyl groups is 1. The first-order valence-corrected chi connectivity index (χ1v) is 12.9. The van der Waals surface area contributed by atoms with Crippen molar-refractivity contribution in [1.82, 2.24) is 5.32 Å². The second-order valence-electron chi connectivity index (χ2n) is 9.29. The van der Waals surface area contributed by atoms with Gasteiger partial charge in [-0.2, -0.15) is 0 Å². The van der Waals surface area contributed by atoms with Gasteiger partial charge in [0.25, 0.3) is 0 Å².